The van der Waals surface area contributed by atoms with Crippen LogP contribution in [0.3, 0.4) is 0 Å². The third-order valence-corrected chi connectivity index (χ3v) is 7.73. The van der Waals surface area contributed by atoms with Crippen molar-refractivity contribution in [2.75, 3.05) is 0 Å². The molecule has 1 amide bonds. The molecular formula is C28H35NO3. The fourth-order valence-corrected chi connectivity index (χ4v) is 6.27. The smallest absolute Gasteiger partial charge is 0.410 e. The van der Waals surface area contributed by atoms with E-state index in [1.54, 1.807) is 0 Å². The minimum Gasteiger partial charge on any atom is -0.444 e. The van der Waals surface area contributed by atoms with E-state index >= 15 is 0 Å². The summed E-state index contributed by atoms with van der Waals surface area (Å²) in [6.07, 6.45) is 3.82. The molecule has 2 aliphatic heterocycles. The number of hydrogen-bond acceptors (Lipinski definition) is 3. The molecule has 1 aliphatic carbocycles. The second kappa shape index (κ2) is 7.08. The normalized spacial score (nSPS) is 28.1. The molecule has 1 N–H and O–H groups in total. The first-order valence-corrected chi connectivity index (χ1v) is 12.0. The zero-order chi connectivity index (χ0) is 22.9. The third kappa shape index (κ3) is 3.35. The minimum atomic E-state index is -0.922. The molecule has 4 heteroatoms. The zero-order valence-electron chi connectivity index (χ0n) is 19.9. The second-order valence-electron chi connectivity index (χ2n) is 11.5. The Morgan fingerprint density at radius 3 is 2.28 bits per heavy atom. The predicted molar refractivity (Wildman–Crippen MR) is 127 cm³/mol. The number of rotatable bonds is 1. The summed E-state index contributed by atoms with van der Waals surface area (Å²) in [5.74, 6) is 0. The van der Waals surface area contributed by atoms with Gasteiger partial charge in [0.2, 0.25) is 0 Å². The Labute approximate surface area is 191 Å². The van der Waals surface area contributed by atoms with Crippen LogP contribution in [-0.4, -0.2) is 33.8 Å². The second-order valence-corrected chi connectivity index (χ2v) is 11.5. The van der Waals surface area contributed by atoms with Gasteiger partial charge in [-0.2, -0.15) is 0 Å². The number of nitrogens with zero attached hydrogens (tertiary/aromatic N) is 1. The van der Waals surface area contributed by atoms with Gasteiger partial charge >= 0.3 is 6.09 Å². The summed E-state index contributed by atoms with van der Waals surface area (Å²) in [5, 5.41) is 11.9. The largest absolute Gasteiger partial charge is 0.444 e. The van der Waals surface area contributed by atoms with E-state index in [2.05, 4.69) is 56.3 Å². The molecule has 0 saturated carbocycles. The average Bonchev–Trinajstić information content (AvgIpc) is 2.93. The van der Waals surface area contributed by atoms with Gasteiger partial charge in [-0.15, -0.1) is 0 Å². The van der Waals surface area contributed by atoms with Crippen molar-refractivity contribution in [3.8, 4) is 11.1 Å². The molecule has 5 rings (SSSR count). The summed E-state index contributed by atoms with van der Waals surface area (Å²) in [5.41, 5.74) is 4.64. The molecular weight excluding hydrogens is 398 g/mol. The summed E-state index contributed by atoms with van der Waals surface area (Å²) in [4.78, 5) is 14.9. The van der Waals surface area contributed by atoms with Gasteiger partial charge in [0.1, 0.15) is 5.60 Å². The van der Waals surface area contributed by atoms with Crippen molar-refractivity contribution < 1.29 is 14.6 Å². The molecule has 2 aromatic carbocycles. The number of carbonyl (C=O) groups is 1. The maximum Gasteiger partial charge on any atom is 0.410 e. The minimum absolute atomic E-state index is 0.0146. The molecule has 170 valence electrons. The first-order chi connectivity index (χ1) is 15.0. The van der Waals surface area contributed by atoms with Crippen LogP contribution in [0.5, 0.6) is 0 Å². The number of piperidine rings is 2. The van der Waals surface area contributed by atoms with Crippen LogP contribution in [-0.2, 0) is 15.8 Å². The fourth-order valence-electron chi connectivity index (χ4n) is 6.27. The van der Waals surface area contributed by atoms with E-state index in [1.165, 1.54) is 22.3 Å². The van der Waals surface area contributed by atoms with Gasteiger partial charge in [-0.3, -0.25) is 0 Å². The monoisotopic (exact) mass is 433 g/mol. The van der Waals surface area contributed by atoms with Gasteiger partial charge in [-0.1, -0.05) is 56.3 Å². The fraction of sp³-hybridized carbons (Fsp3) is 0.536. The van der Waals surface area contributed by atoms with Gasteiger partial charge in [0.05, 0.1) is 5.60 Å². The van der Waals surface area contributed by atoms with Crippen LogP contribution in [0.15, 0.2) is 42.5 Å². The maximum atomic E-state index is 13.0. The number of ether oxygens (including phenoxy) is 1. The number of carbonyl (C=O) groups excluding carboxylic acids is 1. The van der Waals surface area contributed by atoms with Crippen molar-refractivity contribution in [1.29, 1.82) is 0 Å². The Morgan fingerprint density at radius 1 is 1.00 bits per heavy atom. The highest BCUT2D eigenvalue weighted by molar-refractivity contribution is 5.81. The van der Waals surface area contributed by atoms with Crippen molar-refractivity contribution in [2.45, 2.75) is 95.4 Å². The van der Waals surface area contributed by atoms with Crippen molar-refractivity contribution in [2.24, 2.45) is 0 Å². The Hall–Kier alpha value is -2.33. The molecule has 2 bridgehead atoms. The lowest BCUT2D eigenvalue weighted by Gasteiger charge is -2.52. The summed E-state index contributed by atoms with van der Waals surface area (Å²) >= 11 is 0. The average molecular weight is 434 g/mol. The highest BCUT2D eigenvalue weighted by Crippen LogP contribution is 2.51. The number of benzene rings is 2. The zero-order valence-corrected chi connectivity index (χ0v) is 19.9. The van der Waals surface area contributed by atoms with Crippen LogP contribution in [0, 0.1) is 0 Å². The van der Waals surface area contributed by atoms with E-state index in [4.69, 9.17) is 4.74 Å². The molecule has 2 atom stereocenters. The number of fused-ring (bicyclic) bond motifs is 5. The Balaban J connectivity index is 1.47. The van der Waals surface area contributed by atoms with Gasteiger partial charge < -0.3 is 14.7 Å². The molecule has 3 aliphatic rings. The van der Waals surface area contributed by atoms with Crippen molar-refractivity contribution >= 4 is 6.09 Å². The van der Waals surface area contributed by atoms with E-state index in [0.717, 1.165) is 24.8 Å². The van der Waals surface area contributed by atoms with Gasteiger partial charge in [0.25, 0.3) is 0 Å². The first-order valence-electron chi connectivity index (χ1n) is 12.0. The van der Waals surface area contributed by atoms with Gasteiger partial charge in [-0.05, 0) is 67.9 Å². The van der Waals surface area contributed by atoms with E-state index < -0.39 is 11.2 Å². The molecule has 0 radical (unpaired) electrons. The molecule has 2 aromatic rings. The quantitative estimate of drug-likeness (QED) is 0.588. The first kappa shape index (κ1) is 21.5. The predicted octanol–water partition coefficient (Wildman–Crippen LogP) is 6.13. The Kier molecular flexibility index (Phi) is 4.76. The van der Waals surface area contributed by atoms with Crippen LogP contribution in [0.1, 0.15) is 83.4 Å². The topological polar surface area (TPSA) is 49.8 Å². The van der Waals surface area contributed by atoms with E-state index in [-0.39, 0.29) is 23.6 Å². The standard InChI is InChI=1S/C28H35NO3/c1-26(2,3)32-25(30)29-19-9-8-10-20(29)17-28(31,16-19)18-13-14-22-21-11-6-7-12-23(21)27(4,5)24(22)15-18/h6-7,11-15,19-20,31H,8-10,16-17H2,1-5H3. The molecule has 2 saturated heterocycles. The molecule has 2 heterocycles. The highest BCUT2D eigenvalue weighted by atomic mass is 16.6. The summed E-state index contributed by atoms with van der Waals surface area (Å²) < 4.78 is 5.72. The third-order valence-electron chi connectivity index (χ3n) is 7.73. The van der Waals surface area contributed by atoms with Crippen molar-refractivity contribution in [3.63, 3.8) is 0 Å². The number of hydrogen-bond donors (Lipinski definition) is 1. The van der Waals surface area contributed by atoms with Crippen LogP contribution in [0.4, 0.5) is 4.79 Å². The number of amides is 1. The molecule has 0 spiro atoms. The lowest BCUT2D eigenvalue weighted by molar-refractivity contribution is -0.0965. The Bertz CT molecular complexity index is 1050. The van der Waals surface area contributed by atoms with Gasteiger partial charge in [0, 0.05) is 30.3 Å². The number of aliphatic hydroxyl groups is 1. The van der Waals surface area contributed by atoms with Crippen molar-refractivity contribution in [1.82, 2.24) is 4.90 Å². The molecule has 32 heavy (non-hydrogen) atoms. The molecule has 2 unspecified atom stereocenters. The van der Waals surface area contributed by atoms with E-state index in [1.807, 2.05) is 25.7 Å². The molecule has 0 aromatic heterocycles. The van der Waals surface area contributed by atoms with Gasteiger partial charge in [0.15, 0.2) is 0 Å². The lowest BCUT2D eigenvalue weighted by atomic mass is 9.71. The lowest BCUT2D eigenvalue weighted by Crippen LogP contribution is -2.59. The van der Waals surface area contributed by atoms with Crippen LogP contribution < -0.4 is 0 Å². The van der Waals surface area contributed by atoms with E-state index in [9.17, 15) is 9.90 Å². The SMILES string of the molecule is CC(C)(C)OC(=O)N1C2CCCC1CC(O)(c1ccc3c(c1)C(C)(C)c1ccccc1-3)C2. The summed E-state index contributed by atoms with van der Waals surface area (Å²) in [6, 6.07) is 15.2. The molecule has 2 fully saturated rings. The van der Waals surface area contributed by atoms with Gasteiger partial charge in [-0.25, -0.2) is 4.79 Å². The molecule has 4 nitrogen and oxygen atoms in total. The Morgan fingerprint density at radius 2 is 1.62 bits per heavy atom. The van der Waals surface area contributed by atoms with Crippen LogP contribution >= 0.6 is 0 Å². The highest BCUT2D eigenvalue weighted by Gasteiger charge is 2.49. The van der Waals surface area contributed by atoms with Crippen LogP contribution in [0.25, 0.3) is 11.1 Å². The van der Waals surface area contributed by atoms with Crippen molar-refractivity contribution in [3.05, 3.63) is 59.2 Å². The summed E-state index contributed by atoms with van der Waals surface area (Å²) in [6.45, 7) is 10.3. The summed E-state index contributed by atoms with van der Waals surface area (Å²) in [7, 11) is 0. The maximum absolute atomic E-state index is 13.0. The van der Waals surface area contributed by atoms with E-state index in [0.29, 0.717) is 12.8 Å². The van der Waals surface area contributed by atoms with Crippen LogP contribution in [0.2, 0.25) is 0 Å².